The Labute approximate surface area is 91.9 Å². The van der Waals surface area contributed by atoms with E-state index < -0.39 is 5.97 Å². The van der Waals surface area contributed by atoms with Crippen LogP contribution in [0, 0.1) is 12.3 Å². The van der Waals surface area contributed by atoms with Gasteiger partial charge in [-0.2, -0.15) is 0 Å². The third-order valence-corrected chi connectivity index (χ3v) is 1.43. The van der Waals surface area contributed by atoms with Gasteiger partial charge in [-0.3, -0.25) is 0 Å². The number of allylic oxidation sites excluding steroid dienone is 1. The molecule has 0 aromatic heterocycles. The summed E-state index contributed by atoms with van der Waals surface area (Å²) in [7, 11) is 0. The van der Waals surface area contributed by atoms with Crippen LogP contribution in [0.25, 0.3) is 0 Å². The van der Waals surface area contributed by atoms with Gasteiger partial charge in [-0.15, -0.1) is 6.58 Å². The molecule has 0 rings (SSSR count). The quantitative estimate of drug-likeness (QED) is 0.131. The average Bonchev–Trinajstić information content (AvgIpc) is 2.05. The molecule has 0 radical (unpaired) electrons. The molecule has 0 saturated heterocycles. The van der Waals surface area contributed by atoms with E-state index in [1.54, 1.807) is 12.8 Å². The van der Waals surface area contributed by atoms with Crippen molar-refractivity contribution in [3.05, 3.63) is 19.1 Å². The molecule has 0 heterocycles. The zero-order valence-corrected chi connectivity index (χ0v) is 8.30. The van der Waals surface area contributed by atoms with E-state index in [-0.39, 0.29) is 25.0 Å². The SMILES string of the molecule is [C-]#CC(=O)O[C@@H](C)CCCC=C.[Li+]. The Bertz CT molecular complexity index is 194. The number of hydrogen-bond donors (Lipinski definition) is 0. The maximum atomic E-state index is 10.5. The largest absolute Gasteiger partial charge is 1.00 e. The predicted octanol–water partition coefficient (Wildman–Crippen LogP) is -1.13. The monoisotopic (exact) mass is 172 g/mol. The van der Waals surface area contributed by atoms with Crippen molar-refractivity contribution in [1.29, 1.82) is 0 Å². The molecular weight excluding hydrogens is 159 g/mol. The summed E-state index contributed by atoms with van der Waals surface area (Å²) in [5.41, 5.74) is 0. The van der Waals surface area contributed by atoms with E-state index in [1.807, 2.05) is 6.08 Å². The summed E-state index contributed by atoms with van der Waals surface area (Å²) in [5, 5.41) is 0. The molecule has 0 spiro atoms. The fourth-order valence-corrected chi connectivity index (χ4v) is 0.821. The topological polar surface area (TPSA) is 26.3 Å². The van der Waals surface area contributed by atoms with E-state index in [9.17, 15) is 4.79 Å². The van der Waals surface area contributed by atoms with Crippen LogP contribution in [-0.2, 0) is 9.53 Å². The van der Waals surface area contributed by atoms with Gasteiger partial charge in [-0.05, 0) is 26.2 Å². The van der Waals surface area contributed by atoms with E-state index in [2.05, 4.69) is 6.58 Å². The third-order valence-electron chi connectivity index (χ3n) is 1.43. The Morgan fingerprint density at radius 1 is 1.77 bits per heavy atom. The number of ether oxygens (including phenoxy) is 1. The first-order valence-electron chi connectivity index (χ1n) is 3.95. The first-order valence-corrected chi connectivity index (χ1v) is 3.95. The van der Waals surface area contributed by atoms with Crippen LogP contribution in [0.4, 0.5) is 0 Å². The minimum Gasteiger partial charge on any atom is -0.539 e. The zero-order chi connectivity index (χ0) is 9.40. The van der Waals surface area contributed by atoms with Gasteiger partial charge in [0.15, 0.2) is 0 Å². The first kappa shape index (κ1) is 14.9. The van der Waals surface area contributed by atoms with Crippen LogP contribution in [0.2, 0.25) is 0 Å². The van der Waals surface area contributed by atoms with Gasteiger partial charge in [-0.1, -0.05) is 6.08 Å². The third kappa shape index (κ3) is 9.28. The van der Waals surface area contributed by atoms with Gasteiger partial charge in [0.1, 0.15) is 0 Å². The Morgan fingerprint density at radius 3 is 2.85 bits per heavy atom. The van der Waals surface area contributed by atoms with Crippen molar-refractivity contribution in [2.45, 2.75) is 32.3 Å². The minimum absolute atomic E-state index is 0. The molecular formula is C10H13LiO2. The molecule has 3 heteroatoms. The maximum absolute atomic E-state index is 10.5. The molecule has 2 nitrogen and oxygen atoms in total. The summed E-state index contributed by atoms with van der Waals surface area (Å²) in [6, 6.07) is 0. The normalized spacial score (nSPS) is 10.5. The Morgan fingerprint density at radius 2 is 2.38 bits per heavy atom. The van der Waals surface area contributed by atoms with Crippen LogP contribution >= 0.6 is 0 Å². The van der Waals surface area contributed by atoms with Crippen LogP contribution in [-0.4, -0.2) is 12.1 Å². The molecule has 0 fully saturated rings. The second kappa shape index (κ2) is 9.46. The van der Waals surface area contributed by atoms with E-state index in [1.165, 1.54) is 0 Å². The average molecular weight is 172 g/mol. The predicted molar refractivity (Wildman–Crippen MR) is 46.7 cm³/mol. The number of esters is 1. The fourth-order valence-electron chi connectivity index (χ4n) is 0.821. The second-order valence-electron chi connectivity index (χ2n) is 2.56. The molecule has 0 unspecified atom stereocenters. The minimum atomic E-state index is -0.693. The van der Waals surface area contributed by atoms with Crippen molar-refractivity contribution < 1.29 is 28.4 Å². The van der Waals surface area contributed by atoms with E-state index in [4.69, 9.17) is 11.2 Å². The van der Waals surface area contributed by atoms with Gasteiger partial charge in [0.2, 0.25) is 5.97 Å². The summed E-state index contributed by atoms with van der Waals surface area (Å²) >= 11 is 0. The van der Waals surface area contributed by atoms with Crippen molar-refractivity contribution >= 4 is 5.97 Å². The van der Waals surface area contributed by atoms with Crippen molar-refractivity contribution in [2.75, 3.05) is 0 Å². The van der Waals surface area contributed by atoms with Crippen molar-refractivity contribution in [1.82, 2.24) is 0 Å². The van der Waals surface area contributed by atoms with Gasteiger partial charge in [0.25, 0.3) is 0 Å². The Balaban J connectivity index is 0. The van der Waals surface area contributed by atoms with Crippen LogP contribution in [0.1, 0.15) is 26.2 Å². The van der Waals surface area contributed by atoms with Crippen molar-refractivity contribution in [3.63, 3.8) is 0 Å². The Hall–Kier alpha value is -0.633. The molecule has 66 valence electrons. The smallest absolute Gasteiger partial charge is 0.539 e. The maximum Gasteiger partial charge on any atom is 1.00 e. The van der Waals surface area contributed by atoms with Crippen LogP contribution in [0.3, 0.4) is 0 Å². The molecule has 0 aromatic carbocycles. The number of hydrogen-bond acceptors (Lipinski definition) is 2. The van der Waals surface area contributed by atoms with Crippen molar-refractivity contribution in [2.24, 2.45) is 0 Å². The molecule has 13 heavy (non-hydrogen) atoms. The molecule has 1 atom stereocenters. The van der Waals surface area contributed by atoms with Gasteiger partial charge in [0, 0.05) is 0 Å². The molecule has 0 aliphatic carbocycles. The van der Waals surface area contributed by atoms with E-state index in [0.717, 1.165) is 19.3 Å². The molecule has 0 N–H and O–H groups in total. The fraction of sp³-hybridized carbons (Fsp3) is 0.500. The van der Waals surface area contributed by atoms with Gasteiger partial charge < -0.3 is 16.0 Å². The van der Waals surface area contributed by atoms with Gasteiger partial charge in [-0.25, -0.2) is 5.92 Å². The summed E-state index contributed by atoms with van der Waals surface area (Å²) in [4.78, 5) is 10.5. The molecule has 0 amide bonds. The molecule has 0 aromatic rings. The summed E-state index contributed by atoms with van der Waals surface area (Å²) in [6.07, 6.45) is 10.9. The number of carbonyl (C=O) groups is 1. The first-order chi connectivity index (χ1) is 5.70. The molecule has 0 bridgehead atoms. The van der Waals surface area contributed by atoms with E-state index in [0.29, 0.717) is 0 Å². The van der Waals surface area contributed by atoms with E-state index >= 15 is 0 Å². The molecule has 0 saturated carbocycles. The van der Waals surface area contributed by atoms with Gasteiger partial charge >= 0.3 is 18.9 Å². The van der Waals surface area contributed by atoms with Crippen molar-refractivity contribution in [3.8, 4) is 5.92 Å². The van der Waals surface area contributed by atoms with Gasteiger partial charge in [0.05, 0.1) is 6.10 Å². The standard InChI is InChI=1S/C10H13O2.Li/c1-4-6-7-8-9(3)12-10(11)5-2;/h4,9H,1,6-8H2,3H3;/q-1;+1/t9-;/m0./s1. The summed E-state index contributed by atoms with van der Waals surface area (Å²) < 4.78 is 4.77. The number of carbonyl (C=O) groups excluding carboxylic acids is 1. The summed E-state index contributed by atoms with van der Waals surface area (Å²) in [5.74, 6) is 0.962. The van der Waals surface area contributed by atoms with Crippen LogP contribution < -0.4 is 18.9 Å². The van der Waals surface area contributed by atoms with Crippen LogP contribution in [0.15, 0.2) is 12.7 Å². The molecule has 0 aliphatic heterocycles. The zero-order valence-electron chi connectivity index (χ0n) is 8.30. The summed E-state index contributed by atoms with van der Waals surface area (Å²) in [6.45, 7) is 5.39. The molecule has 0 aliphatic rings. The Kier molecular flexibility index (Phi) is 10.8. The van der Waals surface area contributed by atoms with Crippen LogP contribution in [0.5, 0.6) is 0 Å². The number of unbranched alkanes of at least 4 members (excludes halogenated alkanes) is 1. The second-order valence-corrected chi connectivity index (χ2v) is 2.56. The number of rotatable bonds is 5.